The molecular weight excluding hydrogens is 291 g/mol. The van der Waals surface area contributed by atoms with Gasteiger partial charge in [-0.2, -0.15) is 0 Å². The molecule has 112 valence electrons. The van der Waals surface area contributed by atoms with Crippen LogP contribution in [0.4, 0.5) is 4.39 Å². The summed E-state index contributed by atoms with van der Waals surface area (Å²) in [6.07, 6.45) is 1.12. The van der Waals surface area contributed by atoms with E-state index in [1.54, 1.807) is 24.3 Å². The fourth-order valence-corrected chi connectivity index (χ4v) is 2.21. The van der Waals surface area contributed by atoms with E-state index in [1.165, 1.54) is 18.2 Å². The molecule has 2 nitrogen and oxygen atoms in total. The smallest absolute Gasteiger partial charge is 0.123 e. The van der Waals surface area contributed by atoms with Crippen molar-refractivity contribution >= 4 is 11.6 Å². The van der Waals surface area contributed by atoms with Crippen LogP contribution in [0.1, 0.15) is 37.0 Å². The summed E-state index contributed by atoms with van der Waals surface area (Å²) in [6.45, 7) is 2.78. The van der Waals surface area contributed by atoms with Crippen LogP contribution in [0.25, 0.3) is 0 Å². The van der Waals surface area contributed by atoms with E-state index in [4.69, 9.17) is 16.3 Å². The van der Waals surface area contributed by atoms with E-state index < -0.39 is 11.9 Å². The lowest BCUT2D eigenvalue weighted by atomic mass is 10.0. The number of benzene rings is 2. The Hall–Kier alpha value is -1.58. The molecule has 2 aromatic carbocycles. The predicted octanol–water partition coefficient (Wildman–Crippen LogP) is 4.74. The second-order valence-corrected chi connectivity index (χ2v) is 5.25. The molecule has 0 aliphatic rings. The highest BCUT2D eigenvalue weighted by Crippen LogP contribution is 2.29. The Bertz CT molecular complexity index is 584. The number of aliphatic hydroxyl groups excluding tert-OH is 1. The van der Waals surface area contributed by atoms with Crippen molar-refractivity contribution in [2.75, 3.05) is 6.61 Å². The van der Waals surface area contributed by atoms with Gasteiger partial charge in [-0.1, -0.05) is 37.1 Å². The second kappa shape index (κ2) is 7.43. The van der Waals surface area contributed by atoms with Gasteiger partial charge >= 0.3 is 0 Å². The number of halogens is 2. The first-order valence-corrected chi connectivity index (χ1v) is 7.35. The zero-order chi connectivity index (χ0) is 15.2. The lowest BCUT2D eigenvalue weighted by molar-refractivity contribution is 0.219. The summed E-state index contributed by atoms with van der Waals surface area (Å²) in [6, 6.07) is 11.1. The van der Waals surface area contributed by atoms with Crippen molar-refractivity contribution in [3.05, 3.63) is 64.4 Å². The van der Waals surface area contributed by atoms with Crippen molar-refractivity contribution in [1.29, 1.82) is 0 Å². The molecule has 0 saturated heterocycles. The fourth-order valence-electron chi connectivity index (χ4n) is 1.98. The molecule has 0 fully saturated rings. The van der Waals surface area contributed by atoms with Gasteiger partial charge in [0, 0.05) is 10.6 Å². The maximum absolute atomic E-state index is 13.3. The molecule has 0 amide bonds. The first-order valence-electron chi connectivity index (χ1n) is 6.97. The van der Waals surface area contributed by atoms with Crippen LogP contribution in [0.15, 0.2) is 42.5 Å². The maximum Gasteiger partial charge on any atom is 0.123 e. The molecule has 0 spiro atoms. The SMILES string of the molecule is CCCCOc1ccc(C(O)c2cc(F)ccc2Cl)cc1. The van der Waals surface area contributed by atoms with Crippen molar-refractivity contribution < 1.29 is 14.2 Å². The average molecular weight is 309 g/mol. The molecule has 1 atom stereocenters. The first-order chi connectivity index (χ1) is 10.1. The maximum atomic E-state index is 13.3. The van der Waals surface area contributed by atoms with Crippen molar-refractivity contribution in [2.24, 2.45) is 0 Å². The standard InChI is InChI=1S/C17H18ClFO2/c1-2-3-10-21-14-7-4-12(5-8-14)17(20)15-11-13(19)6-9-16(15)18/h4-9,11,17,20H,2-3,10H2,1H3. The van der Waals surface area contributed by atoms with Crippen molar-refractivity contribution in [1.82, 2.24) is 0 Å². The van der Waals surface area contributed by atoms with Gasteiger partial charge in [-0.3, -0.25) is 0 Å². The summed E-state index contributed by atoms with van der Waals surface area (Å²) in [7, 11) is 0. The Kier molecular flexibility index (Phi) is 5.59. The summed E-state index contributed by atoms with van der Waals surface area (Å²) in [5, 5.41) is 10.7. The van der Waals surface area contributed by atoms with Gasteiger partial charge in [-0.25, -0.2) is 4.39 Å². The van der Waals surface area contributed by atoms with Gasteiger partial charge in [0.05, 0.1) is 6.61 Å². The minimum atomic E-state index is -0.960. The lowest BCUT2D eigenvalue weighted by Gasteiger charge is -2.14. The van der Waals surface area contributed by atoms with Gasteiger partial charge in [-0.15, -0.1) is 0 Å². The van der Waals surface area contributed by atoms with Crippen molar-refractivity contribution in [2.45, 2.75) is 25.9 Å². The van der Waals surface area contributed by atoms with Crippen LogP contribution in [-0.4, -0.2) is 11.7 Å². The van der Waals surface area contributed by atoms with E-state index in [9.17, 15) is 9.50 Å². The van der Waals surface area contributed by atoms with E-state index in [0.717, 1.165) is 18.6 Å². The van der Waals surface area contributed by atoms with Crippen LogP contribution in [0.3, 0.4) is 0 Å². The molecule has 0 aromatic heterocycles. The topological polar surface area (TPSA) is 29.5 Å². The van der Waals surface area contributed by atoms with E-state index in [1.807, 2.05) is 0 Å². The molecule has 2 aromatic rings. The summed E-state index contributed by atoms with van der Waals surface area (Å²) >= 11 is 6.01. The number of hydrogen-bond acceptors (Lipinski definition) is 2. The second-order valence-electron chi connectivity index (χ2n) is 4.84. The third-order valence-electron chi connectivity index (χ3n) is 3.22. The summed E-state index contributed by atoms with van der Waals surface area (Å²) < 4.78 is 18.8. The number of rotatable bonds is 6. The average Bonchev–Trinajstić information content (AvgIpc) is 2.50. The first kappa shape index (κ1) is 15.8. The quantitative estimate of drug-likeness (QED) is 0.781. The fraction of sp³-hybridized carbons (Fsp3) is 0.294. The highest BCUT2D eigenvalue weighted by Gasteiger charge is 2.15. The summed E-state index contributed by atoms with van der Waals surface area (Å²) in [5.74, 6) is 0.331. The third kappa shape index (κ3) is 4.19. The summed E-state index contributed by atoms with van der Waals surface area (Å²) in [4.78, 5) is 0. The number of hydrogen-bond donors (Lipinski definition) is 1. The Labute approximate surface area is 129 Å². The minimum Gasteiger partial charge on any atom is -0.494 e. The normalized spacial score (nSPS) is 12.2. The number of aliphatic hydroxyl groups is 1. The summed E-state index contributed by atoms with van der Waals surface area (Å²) in [5.41, 5.74) is 1.00. The van der Waals surface area contributed by atoms with Gasteiger partial charge in [0.1, 0.15) is 17.7 Å². The van der Waals surface area contributed by atoms with Crippen LogP contribution in [-0.2, 0) is 0 Å². The molecule has 0 radical (unpaired) electrons. The zero-order valence-electron chi connectivity index (χ0n) is 11.9. The van der Waals surface area contributed by atoms with Crippen LogP contribution in [0, 0.1) is 5.82 Å². The highest BCUT2D eigenvalue weighted by atomic mass is 35.5. The Morgan fingerprint density at radius 1 is 1.19 bits per heavy atom. The molecule has 0 bridgehead atoms. The Balaban J connectivity index is 2.12. The van der Waals surface area contributed by atoms with Gasteiger partial charge in [0.15, 0.2) is 0 Å². The molecule has 1 unspecified atom stereocenters. The van der Waals surface area contributed by atoms with Crippen LogP contribution in [0.2, 0.25) is 5.02 Å². The zero-order valence-corrected chi connectivity index (χ0v) is 12.6. The lowest BCUT2D eigenvalue weighted by Crippen LogP contribution is -2.02. The van der Waals surface area contributed by atoms with Gasteiger partial charge in [0.25, 0.3) is 0 Å². The molecule has 0 aliphatic carbocycles. The molecule has 21 heavy (non-hydrogen) atoms. The van der Waals surface area contributed by atoms with E-state index in [-0.39, 0.29) is 0 Å². The van der Waals surface area contributed by atoms with Gasteiger partial charge in [0.2, 0.25) is 0 Å². The molecule has 2 rings (SSSR count). The number of ether oxygens (including phenoxy) is 1. The molecule has 0 saturated carbocycles. The van der Waals surface area contributed by atoms with E-state index >= 15 is 0 Å². The van der Waals surface area contributed by atoms with Crippen LogP contribution >= 0.6 is 11.6 Å². The molecular formula is C17H18ClFO2. The molecule has 0 aliphatic heterocycles. The molecule has 4 heteroatoms. The van der Waals surface area contributed by atoms with Crippen LogP contribution in [0.5, 0.6) is 5.75 Å². The number of unbranched alkanes of at least 4 members (excludes halogenated alkanes) is 1. The molecule has 0 heterocycles. The van der Waals surface area contributed by atoms with Crippen molar-refractivity contribution in [3.63, 3.8) is 0 Å². The van der Waals surface area contributed by atoms with Gasteiger partial charge < -0.3 is 9.84 Å². The highest BCUT2D eigenvalue weighted by molar-refractivity contribution is 6.31. The van der Waals surface area contributed by atoms with Gasteiger partial charge in [-0.05, 0) is 42.3 Å². The minimum absolute atomic E-state index is 0.340. The Morgan fingerprint density at radius 3 is 2.57 bits per heavy atom. The monoisotopic (exact) mass is 308 g/mol. The predicted molar refractivity (Wildman–Crippen MR) is 82.3 cm³/mol. The largest absolute Gasteiger partial charge is 0.494 e. The van der Waals surface area contributed by atoms with Crippen molar-refractivity contribution in [3.8, 4) is 5.75 Å². The third-order valence-corrected chi connectivity index (χ3v) is 3.56. The van der Waals surface area contributed by atoms with E-state index in [2.05, 4.69) is 6.92 Å². The Morgan fingerprint density at radius 2 is 1.90 bits per heavy atom. The molecule has 1 N–H and O–H groups in total. The van der Waals surface area contributed by atoms with E-state index in [0.29, 0.717) is 22.8 Å². The van der Waals surface area contributed by atoms with Crippen LogP contribution < -0.4 is 4.74 Å².